The van der Waals surface area contributed by atoms with Crippen molar-refractivity contribution in [3.05, 3.63) is 0 Å². The zero-order valence-corrected chi connectivity index (χ0v) is 14.8. The van der Waals surface area contributed by atoms with Crippen molar-refractivity contribution < 1.29 is 4.74 Å². The largest absolute Gasteiger partial charge is 0.369 e. The van der Waals surface area contributed by atoms with Crippen LogP contribution in [-0.4, -0.2) is 48.3 Å². The molecule has 120 valence electrons. The average molecular weight is 284 g/mol. The van der Waals surface area contributed by atoms with Crippen LogP contribution >= 0.6 is 0 Å². The lowest BCUT2D eigenvalue weighted by Crippen LogP contribution is -2.46. The monoisotopic (exact) mass is 284 g/mol. The Bertz CT molecular complexity index is 285. The smallest absolute Gasteiger partial charge is 0.0677 e. The minimum absolute atomic E-state index is 0.0110. The second-order valence-electron chi connectivity index (χ2n) is 7.26. The molecular formula is C17H36N2O. The molecular weight excluding hydrogens is 248 g/mol. The first-order valence-corrected chi connectivity index (χ1v) is 8.41. The third-order valence-corrected chi connectivity index (χ3v) is 4.75. The molecule has 1 aliphatic rings. The van der Waals surface area contributed by atoms with Crippen LogP contribution in [0, 0.1) is 5.92 Å². The van der Waals surface area contributed by atoms with E-state index < -0.39 is 0 Å². The van der Waals surface area contributed by atoms with E-state index in [0.717, 1.165) is 26.1 Å². The molecule has 1 saturated heterocycles. The molecule has 0 aromatic rings. The van der Waals surface area contributed by atoms with E-state index in [1.807, 2.05) is 0 Å². The Morgan fingerprint density at radius 3 is 2.15 bits per heavy atom. The summed E-state index contributed by atoms with van der Waals surface area (Å²) in [6.07, 6.45) is 2.36. The Labute approximate surface area is 126 Å². The zero-order valence-electron chi connectivity index (χ0n) is 14.8. The summed E-state index contributed by atoms with van der Waals surface area (Å²) >= 11 is 0. The van der Waals surface area contributed by atoms with Crippen molar-refractivity contribution in [3.8, 4) is 0 Å². The van der Waals surface area contributed by atoms with E-state index in [-0.39, 0.29) is 11.2 Å². The second kappa shape index (κ2) is 7.24. The highest BCUT2D eigenvalue weighted by molar-refractivity contribution is 4.99. The number of hydrogen-bond acceptors (Lipinski definition) is 3. The highest BCUT2D eigenvalue weighted by atomic mass is 16.5. The first-order chi connectivity index (χ1) is 9.25. The highest BCUT2D eigenvalue weighted by Crippen LogP contribution is 2.44. The molecule has 0 bridgehead atoms. The van der Waals surface area contributed by atoms with Crippen LogP contribution in [-0.2, 0) is 4.74 Å². The highest BCUT2D eigenvalue weighted by Gasteiger charge is 2.48. The van der Waals surface area contributed by atoms with Crippen molar-refractivity contribution in [2.75, 3.05) is 26.2 Å². The molecule has 1 rings (SSSR count). The molecule has 0 saturated carbocycles. The predicted molar refractivity (Wildman–Crippen MR) is 87.2 cm³/mol. The summed E-state index contributed by atoms with van der Waals surface area (Å²) in [4.78, 5) is 2.51. The van der Waals surface area contributed by atoms with E-state index in [1.165, 1.54) is 13.0 Å². The lowest BCUT2D eigenvalue weighted by atomic mass is 9.80. The summed E-state index contributed by atoms with van der Waals surface area (Å²) in [5.41, 5.74) is -0.0172. The van der Waals surface area contributed by atoms with Gasteiger partial charge in [-0.25, -0.2) is 0 Å². The van der Waals surface area contributed by atoms with Crippen molar-refractivity contribution in [3.63, 3.8) is 0 Å². The molecule has 1 N–H and O–H groups in total. The molecule has 0 radical (unpaired) electrons. The maximum Gasteiger partial charge on any atom is 0.0677 e. The molecule has 3 nitrogen and oxygen atoms in total. The Kier molecular flexibility index (Phi) is 6.49. The van der Waals surface area contributed by atoms with Crippen LogP contribution in [0.2, 0.25) is 0 Å². The molecule has 0 aliphatic carbocycles. The fraction of sp³-hybridized carbons (Fsp3) is 1.00. The van der Waals surface area contributed by atoms with Gasteiger partial charge in [0.15, 0.2) is 0 Å². The fourth-order valence-corrected chi connectivity index (χ4v) is 3.80. The Balaban J connectivity index is 2.70. The number of hydrogen-bond donors (Lipinski definition) is 1. The number of rotatable bonds is 8. The van der Waals surface area contributed by atoms with Crippen LogP contribution in [0.3, 0.4) is 0 Å². The predicted octanol–water partition coefficient (Wildman–Crippen LogP) is 3.29. The van der Waals surface area contributed by atoms with Gasteiger partial charge >= 0.3 is 0 Å². The first kappa shape index (κ1) is 17.9. The standard InChI is InChI=1S/C17H36N2O/c1-8-18-15(11-12-19(9-2)10-3)14-13-16(4,5)20-17(14,6)7/h14-15,18H,8-13H2,1-7H3. The first-order valence-electron chi connectivity index (χ1n) is 8.41. The Hall–Kier alpha value is -0.120. The van der Waals surface area contributed by atoms with E-state index in [9.17, 15) is 0 Å². The zero-order chi connectivity index (χ0) is 15.4. The molecule has 20 heavy (non-hydrogen) atoms. The minimum atomic E-state index is -0.0282. The molecule has 2 unspecified atom stereocenters. The SMILES string of the molecule is CCNC(CCN(CC)CC)C1CC(C)(C)OC1(C)C. The van der Waals surface area contributed by atoms with Crippen molar-refractivity contribution in [2.24, 2.45) is 5.92 Å². The summed E-state index contributed by atoms with van der Waals surface area (Å²) in [6, 6.07) is 0.553. The van der Waals surface area contributed by atoms with E-state index in [4.69, 9.17) is 4.74 Å². The fourth-order valence-electron chi connectivity index (χ4n) is 3.80. The van der Waals surface area contributed by atoms with Crippen molar-refractivity contribution >= 4 is 0 Å². The molecule has 1 aliphatic heterocycles. The minimum Gasteiger partial charge on any atom is -0.369 e. The molecule has 0 spiro atoms. The number of nitrogens with zero attached hydrogens (tertiary/aromatic N) is 1. The van der Waals surface area contributed by atoms with Gasteiger partial charge in [0, 0.05) is 12.0 Å². The molecule has 2 atom stereocenters. The maximum atomic E-state index is 6.28. The van der Waals surface area contributed by atoms with E-state index in [1.54, 1.807) is 0 Å². The van der Waals surface area contributed by atoms with Gasteiger partial charge in [-0.3, -0.25) is 0 Å². The van der Waals surface area contributed by atoms with Gasteiger partial charge in [-0.15, -0.1) is 0 Å². The molecule has 3 heteroatoms. The van der Waals surface area contributed by atoms with Crippen molar-refractivity contribution in [1.82, 2.24) is 10.2 Å². The molecule has 0 aromatic heterocycles. The Morgan fingerprint density at radius 1 is 1.15 bits per heavy atom. The van der Waals surface area contributed by atoms with Crippen molar-refractivity contribution in [1.29, 1.82) is 0 Å². The van der Waals surface area contributed by atoms with Gasteiger partial charge in [-0.2, -0.15) is 0 Å². The molecule has 0 aromatic carbocycles. The van der Waals surface area contributed by atoms with Crippen LogP contribution in [0.4, 0.5) is 0 Å². The lowest BCUT2D eigenvalue weighted by molar-refractivity contribution is -0.0780. The summed E-state index contributed by atoms with van der Waals surface area (Å²) in [6.45, 7) is 20.2. The summed E-state index contributed by atoms with van der Waals surface area (Å²) < 4.78 is 6.28. The summed E-state index contributed by atoms with van der Waals surface area (Å²) in [5, 5.41) is 3.71. The summed E-state index contributed by atoms with van der Waals surface area (Å²) in [5.74, 6) is 0.591. The Morgan fingerprint density at radius 2 is 1.75 bits per heavy atom. The van der Waals surface area contributed by atoms with Crippen LogP contribution in [0.1, 0.15) is 61.3 Å². The van der Waals surface area contributed by atoms with Gasteiger partial charge < -0.3 is 15.0 Å². The van der Waals surface area contributed by atoms with E-state index in [0.29, 0.717) is 12.0 Å². The number of ether oxygens (including phenoxy) is 1. The van der Waals surface area contributed by atoms with Crippen LogP contribution in [0.15, 0.2) is 0 Å². The normalized spacial score (nSPS) is 26.1. The van der Waals surface area contributed by atoms with E-state index >= 15 is 0 Å². The quantitative estimate of drug-likeness (QED) is 0.740. The molecule has 1 fully saturated rings. The van der Waals surface area contributed by atoms with Gasteiger partial charge in [0.2, 0.25) is 0 Å². The maximum absolute atomic E-state index is 6.28. The lowest BCUT2D eigenvalue weighted by Gasteiger charge is -2.34. The molecule has 1 heterocycles. The number of nitrogens with one attached hydrogen (secondary N) is 1. The van der Waals surface area contributed by atoms with Gasteiger partial charge in [0.05, 0.1) is 11.2 Å². The third-order valence-electron chi connectivity index (χ3n) is 4.75. The van der Waals surface area contributed by atoms with Gasteiger partial charge in [-0.1, -0.05) is 20.8 Å². The van der Waals surface area contributed by atoms with Gasteiger partial charge in [0.25, 0.3) is 0 Å². The van der Waals surface area contributed by atoms with Crippen LogP contribution in [0.25, 0.3) is 0 Å². The average Bonchev–Trinajstić information content (AvgIpc) is 2.57. The van der Waals surface area contributed by atoms with Gasteiger partial charge in [-0.05, 0) is 66.7 Å². The second-order valence-corrected chi connectivity index (χ2v) is 7.26. The van der Waals surface area contributed by atoms with Crippen molar-refractivity contribution in [2.45, 2.75) is 78.6 Å². The topological polar surface area (TPSA) is 24.5 Å². The van der Waals surface area contributed by atoms with Crippen LogP contribution in [0.5, 0.6) is 0 Å². The third kappa shape index (κ3) is 4.71. The van der Waals surface area contributed by atoms with E-state index in [2.05, 4.69) is 58.7 Å². The van der Waals surface area contributed by atoms with Gasteiger partial charge in [0.1, 0.15) is 0 Å². The molecule has 0 amide bonds. The van der Waals surface area contributed by atoms with Crippen LogP contribution < -0.4 is 5.32 Å². The summed E-state index contributed by atoms with van der Waals surface area (Å²) in [7, 11) is 0.